The number of hydrogen-bond acceptors (Lipinski definition) is 20. The molecule has 0 unspecified atom stereocenters. The number of hydrogen-bond donors (Lipinski definition) is 4. The maximum Gasteiger partial charge on any atom is 0.333 e. The van der Waals surface area contributed by atoms with Gasteiger partial charge in [-0.3, -0.25) is 48.6 Å². The molecule has 0 spiro atoms. The summed E-state index contributed by atoms with van der Waals surface area (Å²) in [6, 6.07) is 53.3. The van der Waals surface area contributed by atoms with Crippen molar-refractivity contribution in [1.29, 1.82) is 2.86 Å². The average molecular weight is 1490 g/mol. The third-order valence-corrected chi connectivity index (χ3v) is 27.7. The molecule has 2 heterocycles. The van der Waals surface area contributed by atoms with E-state index in [1.807, 2.05) is 74.5 Å². The highest BCUT2D eigenvalue weighted by molar-refractivity contribution is 7.00. The maximum atomic E-state index is 12.5. The highest BCUT2D eigenvalue weighted by Crippen LogP contribution is 2.38. The van der Waals surface area contributed by atoms with Gasteiger partial charge in [0.05, 0.1) is 52.1 Å². The number of ether oxygens (including phenoxy) is 4. The Morgan fingerprint density at radius 2 is 0.810 bits per heavy atom. The Bertz CT molecular complexity index is 3640. The first-order valence-electron chi connectivity index (χ1n) is 37.7. The highest BCUT2D eigenvalue weighted by atomic mass is 28.4. The molecule has 0 bridgehead atoms. The van der Waals surface area contributed by atoms with Crippen molar-refractivity contribution >= 4 is 84.9 Å². The number of carboxylic acids is 1. The van der Waals surface area contributed by atoms with E-state index in [4.69, 9.17) is 48.6 Å². The predicted molar refractivity (Wildman–Crippen MR) is 406 cm³/mol. The molecule has 2 aliphatic rings. The van der Waals surface area contributed by atoms with E-state index in [0.717, 1.165) is 34.4 Å². The number of aryl methyl sites for hydroxylation is 2. The van der Waals surface area contributed by atoms with E-state index in [9.17, 15) is 38.4 Å². The number of nitrogens with zero attached hydrogens (tertiary/aromatic N) is 4. The van der Waals surface area contributed by atoms with Gasteiger partial charge in [0.25, 0.3) is 40.3 Å². The molecule has 0 aromatic heterocycles. The summed E-state index contributed by atoms with van der Waals surface area (Å²) in [6.45, 7) is 23.3. The van der Waals surface area contributed by atoms with Gasteiger partial charge in [-0.25, -0.2) is 4.79 Å². The molecule has 4 amide bonds. The lowest BCUT2D eigenvalue weighted by molar-refractivity contribution is -0.197. The van der Waals surface area contributed by atoms with Crippen LogP contribution in [0.4, 0.5) is 0 Å². The van der Waals surface area contributed by atoms with Crippen LogP contribution >= 0.6 is 0 Å². The number of aliphatic hydroxyl groups is 2. The van der Waals surface area contributed by atoms with E-state index in [0.29, 0.717) is 82.9 Å². The van der Waals surface area contributed by atoms with Crippen molar-refractivity contribution in [1.82, 2.24) is 19.9 Å². The number of rotatable bonds is 39. The van der Waals surface area contributed by atoms with Crippen molar-refractivity contribution in [2.45, 2.75) is 158 Å². The van der Waals surface area contributed by atoms with Gasteiger partial charge in [0.2, 0.25) is 2.86 Å². The second kappa shape index (κ2) is 44.3. The molecule has 23 nitrogen and oxygen atoms in total. The van der Waals surface area contributed by atoms with E-state index in [1.54, 1.807) is 0 Å². The first kappa shape index (κ1) is 81.9. The summed E-state index contributed by atoms with van der Waals surface area (Å²) in [5.74, 6) is -3.72. The van der Waals surface area contributed by atoms with Crippen LogP contribution in [0.25, 0.3) is 0 Å². The fourth-order valence-corrected chi connectivity index (χ4v) is 21.2. The zero-order valence-corrected chi connectivity index (χ0v) is 64.6. The number of benzene rings is 6. The number of carbonyl (C=O) groups excluding carboxylic acids is 7. The largest absolute Gasteiger partial charge is 0.494 e. The number of esters is 2. The van der Waals surface area contributed by atoms with Crippen LogP contribution in [-0.2, 0) is 74.7 Å². The Balaban J connectivity index is 0.000000403. The lowest BCUT2D eigenvalue weighted by atomic mass is 10.1. The van der Waals surface area contributed by atoms with Crippen molar-refractivity contribution in [3.63, 3.8) is 0 Å². The van der Waals surface area contributed by atoms with Gasteiger partial charge in [-0.1, -0.05) is 190 Å². The Hall–Kier alpha value is -8.77. The SMILES string of the molecule is O=C1CCC(=O)N1O.[2H]OCc1cc(OCCCN(CCOC(=O)CCC(=O)O)CCO[Si](c2ccccc2)(c2ccccc2)C(C)(C)C)ccc1C.[2H]OCc1cc(OCCCN(CCOC(=O)CCC(=O)ON2C(=O)CCC2=O)CCO[Si](c2ccccc2)(c2ccccc2)C(C)(C)C)ccc1C.[3H]C.[3H]C. The van der Waals surface area contributed by atoms with Crippen LogP contribution in [0, 0.1) is 13.8 Å². The molecule has 2 fully saturated rings. The number of hydroxylamine groups is 4. The van der Waals surface area contributed by atoms with Crippen LogP contribution in [-0.4, -0.2) is 186 Å². The predicted octanol–water partition coefficient (Wildman–Crippen LogP) is 9.41. The lowest BCUT2D eigenvalue weighted by Crippen LogP contribution is -2.67. The van der Waals surface area contributed by atoms with Gasteiger partial charge in [0, 0.05) is 80.9 Å². The molecule has 0 saturated carbocycles. The van der Waals surface area contributed by atoms with E-state index in [2.05, 4.69) is 159 Å². The molecule has 2 saturated heterocycles. The molecule has 4 N–H and O–H groups in total. The van der Waals surface area contributed by atoms with Gasteiger partial charge in [-0.05, 0) is 104 Å². The standard InChI is InChI=1S/C39H50N2O9Si.C35H47NO7Si.C4H5NO3.2CH4/c1-30-16-17-32(28-31(30)29-42)47-25-11-22-40(23-26-48-37(45)20-21-38(46)50-41-35(43)18-19-36(41)44)24-27-49-51(39(2,3)4,33-12-7-5-8-13-33)34-14-9-6-10-15-34;1-28-16-17-30(26-29(28)27-37)41-23-11-20-36(21-24-42-34(40)19-18-33(38)39)22-25-43-44(35(2,3)4,31-12-7-5-8-13-31)32-14-9-6-10-15-32;6-3-1-2-4(7)5(3)8;;/h5-10,12-17,28,42H,11,18-27,29H2,1-4H3;5-10,12-17,26,37H,11,18-25,27H2,1-4H3,(H,38,39);8H,1-2H2;2*1H4/i42D;37D;;2*1T. The second-order valence-electron chi connectivity index (χ2n) is 27.1. The molecule has 105 heavy (non-hydrogen) atoms. The smallest absolute Gasteiger partial charge is 0.333 e. The summed E-state index contributed by atoms with van der Waals surface area (Å²) in [4.78, 5) is 101. The van der Waals surface area contributed by atoms with Gasteiger partial charge in [-0.15, -0.1) is 5.06 Å². The molecule has 0 atom stereocenters. The number of carboxylic acid groups (broad SMARTS) is 1. The summed E-state index contributed by atoms with van der Waals surface area (Å²) in [6.07, 6.45) is 0.732. The van der Waals surface area contributed by atoms with Crippen molar-refractivity contribution in [3.05, 3.63) is 180 Å². The van der Waals surface area contributed by atoms with Gasteiger partial charge < -0.3 is 48.0 Å². The van der Waals surface area contributed by atoms with Crippen molar-refractivity contribution in [3.8, 4) is 11.5 Å². The summed E-state index contributed by atoms with van der Waals surface area (Å²) in [5, 5.41) is 31.5. The van der Waals surface area contributed by atoms with Crippen molar-refractivity contribution < 1.29 is 94.3 Å². The number of amides is 4. The molecular formula is C80H110N4O19Si2. The fourth-order valence-electron chi connectivity index (χ4n) is 12.1. The van der Waals surface area contributed by atoms with Crippen LogP contribution < -0.4 is 30.2 Å². The topological polar surface area (TPSA) is 295 Å². The van der Waals surface area contributed by atoms with E-state index < -0.39 is 64.1 Å². The van der Waals surface area contributed by atoms with Crippen LogP contribution in [0.3, 0.4) is 0 Å². The molecular weight excluding hydrogens is 1380 g/mol. The first-order valence-corrected chi connectivity index (χ1v) is 38.7. The first-order chi connectivity index (χ1) is 52.2. The molecule has 0 radical (unpaired) electrons. The van der Waals surface area contributed by atoms with E-state index in [-0.39, 0.29) is 92.9 Å². The minimum absolute atomic E-state index is 0.00523. The number of carbonyl (C=O) groups is 8. The lowest BCUT2D eigenvalue weighted by Gasteiger charge is -2.43. The molecule has 6 aromatic rings. The van der Waals surface area contributed by atoms with E-state index in [1.165, 1.54) is 35.6 Å². The maximum absolute atomic E-state index is 12.5. The summed E-state index contributed by atoms with van der Waals surface area (Å²) in [7, 11) is -2.96. The third kappa shape index (κ3) is 27.0. The van der Waals surface area contributed by atoms with Gasteiger partial charge in [-0.2, -0.15) is 5.06 Å². The molecule has 25 heteroatoms. The second-order valence-corrected chi connectivity index (χ2v) is 35.7. The Morgan fingerprint density at radius 1 is 0.476 bits per heavy atom. The number of aliphatic carboxylic acids is 1. The monoisotopic (exact) mass is 1490 g/mol. The highest BCUT2D eigenvalue weighted by Gasteiger charge is 2.51. The van der Waals surface area contributed by atoms with Gasteiger partial charge >= 0.3 is 23.9 Å². The molecule has 0 aliphatic carbocycles. The van der Waals surface area contributed by atoms with E-state index >= 15 is 0 Å². The Kier molecular flexibility index (Phi) is 34.5. The number of imide groups is 2. The Labute approximate surface area is 627 Å². The minimum atomic E-state index is -2.76. The fraction of sp³-hybridized carbons (Fsp3) is 0.450. The van der Waals surface area contributed by atoms with Gasteiger partial charge in [0.15, 0.2) is 0 Å². The quantitative estimate of drug-likeness (QED) is 0.00918. The zero-order valence-electron chi connectivity index (χ0n) is 66.6. The zero-order chi connectivity index (χ0) is 80.4. The molecule has 8 rings (SSSR count). The molecule has 6 aromatic carbocycles. The average Bonchev–Trinajstić information content (AvgIpc) is 0.963. The third-order valence-electron chi connectivity index (χ3n) is 17.7. The van der Waals surface area contributed by atoms with Crippen molar-refractivity contribution in [2.75, 3.05) is 78.9 Å². The minimum Gasteiger partial charge on any atom is -0.494 e. The number of aliphatic hydroxyl groups excluding tert-OH is 2. The Morgan fingerprint density at radius 3 is 1.13 bits per heavy atom. The summed E-state index contributed by atoms with van der Waals surface area (Å²) in [5.41, 5.74) is 3.87. The van der Waals surface area contributed by atoms with Gasteiger partial charge in [0.1, 0.15) is 24.7 Å². The molecule has 572 valence electrons. The van der Waals surface area contributed by atoms with Crippen LogP contribution in [0.2, 0.25) is 10.1 Å². The van der Waals surface area contributed by atoms with Crippen LogP contribution in [0.15, 0.2) is 158 Å². The molecule has 2 aliphatic heterocycles. The van der Waals surface area contributed by atoms with Crippen molar-refractivity contribution in [2.24, 2.45) is 0 Å². The summed E-state index contributed by atoms with van der Waals surface area (Å²) >= 11 is 0. The normalized spacial score (nSPS) is 13.5. The van der Waals surface area contributed by atoms with Crippen LogP contribution in [0.1, 0.15) is 146 Å². The summed E-state index contributed by atoms with van der Waals surface area (Å²) < 4.78 is 62.7. The van der Waals surface area contributed by atoms with Crippen LogP contribution in [0.5, 0.6) is 11.5 Å².